The van der Waals surface area contributed by atoms with Crippen molar-refractivity contribution in [2.45, 2.75) is 32.8 Å². The van der Waals surface area contributed by atoms with Crippen LogP contribution in [0.1, 0.15) is 27.2 Å². The third-order valence-electron chi connectivity index (χ3n) is 3.91. The molecule has 1 aliphatic heterocycles. The summed E-state index contributed by atoms with van der Waals surface area (Å²) in [5.41, 5.74) is -0.443. The van der Waals surface area contributed by atoms with Crippen LogP contribution in [0, 0.1) is 0 Å². The summed E-state index contributed by atoms with van der Waals surface area (Å²) in [6.45, 7) is 11.5. The number of carbonyl (C=O) groups excluding carboxylic acids is 2. The van der Waals surface area contributed by atoms with Gasteiger partial charge in [0.15, 0.2) is 0 Å². The first-order valence-corrected chi connectivity index (χ1v) is 8.84. The first-order chi connectivity index (χ1) is 11.7. The molecule has 1 saturated heterocycles. The molecule has 0 N–H and O–H groups in total. The number of hydrogen-bond donors (Lipinski definition) is 0. The highest BCUT2D eigenvalue weighted by molar-refractivity contribution is 5.81. The highest BCUT2D eigenvalue weighted by Crippen LogP contribution is 2.12. The summed E-state index contributed by atoms with van der Waals surface area (Å²) in [6.07, 6.45) is 4.09. The monoisotopic (exact) mass is 355 g/mol. The third-order valence-corrected chi connectivity index (χ3v) is 3.91. The number of carbonyl (C=O) groups is 2. The zero-order chi connectivity index (χ0) is 18.9. The number of amides is 1. The van der Waals surface area contributed by atoms with Crippen LogP contribution in [-0.4, -0.2) is 92.3 Å². The molecule has 1 amide bonds. The van der Waals surface area contributed by atoms with Gasteiger partial charge in [0.05, 0.1) is 7.11 Å². The predicted molar refractivity (Wildman–Crippen MR) is 97.5 cm³/mol. The van der Waals surface area contributed by atoms with Gasteiger partial charge in [-0.25, -0.2) is 9.59 Å². The molecule has 0 spiro atoms. The first kappa shape index (κ1) is 21.4. The Labute approximate surface area is 151 Å². The number of ether oxygens (including phenoxy) is 2. The van der Waals surface area contributed by atoms with E-state index in [1.807, 2.05) is 33.9 Å². The fourth-order valence-corrected chi connectivity index (χ4v) is 2.53. The minimum atomic E-state index is -0.443. The van der Waals surface area contributed by atoms with Gasteiger partial charge in [-0.3, -0.25) is 4.90 Å². The SMILES string of the molecule is COC(=O)/C=C/CN(C)CCCN1CCN(C(=O)OC(C)(C)C)CC1. The van der Waals surface area contributed by atoms with Gasteiger partial charge in [0.1, 0.15) is 5.60 Å². The summed E-state index contributed by atoms with van der Waals surface area (Å²) < 4.78 is 9.97. The summed E-state index contributed by atoms with van der Waals surface area (Å²) in [4.78, 5) is 29.3. The van der Waals surface area contributed by atoms with Crippen LogP contribution >= 0.6 is 0 Å². The molecule has 0 atom stereocenters. The minimum Gasteiger partial charge on any atom is -0.466 e. The van der Waals surface area contributed by atoms with Gasteiger partial charge in [-0.15, -0.1) is 0 Å². The molecule has 7 heteroatoms. The fraction of sp³-hybridized carbons (Fsp3) is 0.778. The Hall–Kier alpha value is -1.60. The van der Waals surface area contributed by atoms with Gasteiger partial charge in [-0.1, -0.05) is 6.08 Å². The second-order valence-corrected chi connectivity index (χ2v) is 7.35. The molecule has 1 aliphatic rings. The smallest absolute Gasteiger partial charge is 0.410 e. The van der Waals surface area contributed by atoms with Crippen LogP contribution < -0.4 is 0 Å². The lowest BCUT2D eigenvalue weighted by Gasteiger charge is -2.35. The first-order valence-electron chi connectivity index (χ1n) is 8.84. The Bertz CT molecular complexity index is 452. The van der Waals surface area contributed by atoms with Crippen molar-refractivity contribution in [1.29, 1.82) is 0 Å². The highest BCUT2D eigenvalue weighted by Gasteiger charge is 2.25. The largest absolute Gasteiger partial charge is 0.466 e. The Balaban J connectivity index is 2.17. The quantitative estimate of drug-likeness (QED) is 0.510. The Kier molecular flexibility index (Phi) is 8.92. The van der Waals surface area contributed by atoms with Crippen LogP contribution in [-0.2, 0) is 14.3 Å². The van der Waals surface area contributed by atoms with Crippen molar-refractivity contribution in [2.75, 3.05) is 60.0 Å². The van der Waals surface area contributed by atoms with Crippen molar-refractivity contribution in [3.63, 3.8) is 0 Å². The normalized spacial score (nSPS) is 16.5. The minimum absolute atomic E-state index is 0.218. The number of likely N-dealkylation sites (N-methyl/N-ethyl adjacent to an activating group) is 1. The number of methoxy groups -OCH3 is 1. The summed E-state index contributed by atoms with van der Waals surface area (Å²) >= 11 is 0. The van der Waals surface area contributed by atoms with E-state index in [2.05, 4.69) is 14.5 Å². The molecule has 1 rings (SSSR count). The molecule has 0 unspecified atom stereocenters. The zero-order valence-corrected chi connectivity index (χ0v) is 16.3. The zero-order valence-electron chi connectivity index (χ0n) is 16.3. The van der Waals surface area contributed by atoms with E-state index in [9.17, 15) is 9.59 Å². The molecule has 144 valence electrons. The van der Waals surface area contributed by atoms with E-state index >= 15 is 0 Å². The maximum Gasteiger partial charge on any atom is 0.410 e. The van der Waals surface area contributed by atoms with E-state index in [0.717, 1.165) is 39.1 Å². The van der Waals surface area contributed by atoms with Gasteiger partial charge in [0, 0.05) is 38.8 Å². The lowest BCUT2D eigenvalue weighted by molar-refractivity contribution is -0.134. The molecule has 0 aromatic carbocycles. The van der Waals surface area contributed by atoms with Gasteiger partial charge in [0.2, 0.25) is 0 Å². The second kappa shape index (κ2) is 10.4. The van der Waals surface area contributed by atoms with Gasteiger partial charge in [0.25, 0.3) is 0 Å². The van der Waals surface area contributed by atoms with Gasteiger partial charge in [-0.2, -0.15) is 0 Å². The predicted octanol–water partition coefficient (Wildman–Crippen LogP) is 1.59. The van der Waals surface area contributed by atoms with Crippen molar-refractivity contribution in [3.8, 4) is 0 Å². The van der Waals surface area contributed by atoms with Crippen LogP contribution in [0.2, 0.25) is 0 Å². The van der Waals surface area contributed by atoms with E-state index < -0.39 is 5.60 Å². The Morgan fingerprint density at radius 2 is 1.80 bits per heavy atom. The Morgan fingerprint density at radius 3 is 2.36 bits per heavy atom. The fourth-order valence-electron chi connectivity index (χ4n) is 2.53. The number of piperazine rings is 1. The molecular weight excluding hydrogens is 322 g/mol. The van der Waals surface area contributed by atoms with Crippen LogP contribution in [0.3, 0.4) is 0 Å². The van der Waals surface area contributed by atoms with Crippen LogP contribution in [0.5, 0.6) is 0 Å². The summed E-state index contributed by atoms with van der Waals surface area (Å²) in [5.74, 6) is -0.323. The summed E-state index contributed by atoms with van der Waals surface area (Å²) in [6, 6.07) is 0. The molecule has 0 bridgehead atoms. The lowest BCUT2D eigenvalue weighted by atomic mass is 10.2. The average Bonchev–Trinajstić information content (AvgIpc) is 2.53. The van der Waals surface area contributed by atoms with Crippen LogP contribution in [0.25, 0.3) is 0 Å². The van der Waals surface area contributed by atoms with Crippen molar-refractivity contribution in [3.05, 3.63) is 12.2 Å². The maximum atomic E-state index is 12.0. The molecule has 0 aromatic rings. The second-order valence-electron chi connectivity index (χ2n) is 7.35. The molecule has 7 nitrogen and oxygen atoms in total. The molecular formula is C18H33N3O4. The van der Waals surface area contributed by atoms with Gasteiger partial charge >= 0.3 is 12.1 Å². The molecule has 1 heterocycles. The van der Waals surface area contributed by atoms with E-state index in [-0.39, 0.29) is 12.1 Å². The molecule has 0 aliphatic carbocycles. The molecule has 1 fully saturated rings. The summed E-state index contributed by atoms with van der Waals surface area (Å²) in [7, 11) is 3.40. The van der Waals surface area contributed by atoms with E-state index in [0.29, 0.717) is 13.1 Å². The lowest BCUT2D eigenvalue weighted by Crippen LogP contribution is -2.50. The molecule has 0 saturated carbocycles. The average molecular weight is 355 g/mol. The molecule has 25 heavy (non-hydrogen) atoms. The van der Waals surface area contributed by atoms with Crippen molar-refractivity contribution in [2.24, 2.45) is 0 Å². The Morgan fingerprint density at radius 1 is 1.16 bits per heavy atom. The number of esters is 1. The highest BCUT2D eigenvalue weighted by atomic mass is 16.6. The van der Waals surface area contributed by atoms with Crippen molar-refractivity contribution in [1.82, 2.24) is 14.7 Å². The number of hydrogen-bond acceptors (Lipinski definition) is 6. The van der Waals surface area contributed by atoms with Crippen LogP contribution in [0.15, 0.2) is 12.2 Å². The maximum absolute atomic E-state index is 12.0. The van der Waals surface area contributed by atoms with E-state index in [1.54, 1.807) is 4.90 Å². The van der Waals surface area contributed by atoms with Crippen molar-refractivity contribution < 1.29 is 19.1 Å². The number of rotatable bonds is 7. The van der Waals surface area contributed by atoms with E-state index in [4.69, 9.17) is 4.74 Å². The topological polar surface area (TPSA) is 62.3 Å². The third kappa shape index (κ3) is 9.45. The van der Waals surface area contributed by atoms with Crippen molar-refractivity contribution >= 4 is 12.1 Å². The standard InChI is InChI=1S/C18H33N3O4/c1-18(2,3)25-17(23)21-14-12-20(13-15-21)11-7-10-19(4)9-6-8-16(22)24-5/h6,8H,7,9-15H2,1-5H3/b8-6+. The number of nitrogens with zero attached hydrogens (tertiary/aromatic N) is 3. The van der Waals surface area contributed by atoms with Gasteiger partial charge < -0.3 is 19.3 Å². The van der Waals surface area contributed by atoms with Crippen LogP contribution in [0.4, 0.5) is 4.79 Å². The molecule has 0 radical (unpaired) electrons. The van der Waals surface area contributed by atoms with Gasteiger partial charge in [-0.05, 0) is 47.3 Å². The van der Waals surface area contributed by atoms with E-state index in [1.165, 1.54) is 13.2 Å². The summed E-state index contributed by atoms with van der Waals surface area (Å²) in [5, 5.41) is 0. The molecule has 0 aromatic heterocycles.